The van der Waals surface area contributed by atoms with E-state index in [1.807, 2.05) is 0 Å². The van der Waals surface area contributed by atoms with Crippen LogP contribution < -0.4 is 0 Å². The Morgan fingerprint density at radius 1 is 1.24 bits per heavy atom. The molecule has 1 aliphatic carbocycles. The van der Waals surface area contributed by atoms with Gasteiger partial charge in [0.2, 0.25) is 0 Å². The summed E-state index contributed by atoms with van der Waals surface area (Å²) in [6.45, 7) is 3.26. The van der Waals surface area contributed by atoms with Crippen LogP contribution in [0.4, 0.5) is 0 Å². The van der Waals surface area contributed by atoms with Crippen LogP contribution in [0, 0.1) is 0 Å². The van der Waals surface area contributed by atoms with E-state index in [1.165, 1.54) is 38.6 Å². The number of nitrogens with zero attached hydrogens (tertiary/aromatic N) is 2. The Balaban J connectivity index is 1.84. The topological polar surface area (TPSA) is 26.7 Å². The van der Waals surface area contributed by atoms with Gasteiger partial charge in [-0.2, -0.15) is 0 Å². The van der Waals surface area contributed by atoms with Crippen molar-refractivity contribution in [1.29, 1.82) is 0 Å². The molecule has 3 nitrogen and oxygen atoms in total. The number of piperidine rings is 1. The van der Waals surface area contributed by atoms with Crippen molar-refractivity contribution < 1.29 is 5.11 Å². The van der Waals surface area contributed by atoms with E-state index in [0.717, 1.165) is 25.9 Å². The first-order valence-corrected chi connectivity index (χ1v) is 7.20. The van der Waals surface area contributed by atoms with Crippen molar-refractivity contribution in [3.05, 3.63) is 0 Å². The van der Waals surface area contributed by atoms with Gasteiger partial charge in [0.05, 0.1) is 5.60 Å². The van der Waals surface area contributed by atoms with Crippen LogP contribution in [0.2, 0.25) is 0 Å². The smallest absolute Gasteiger partial charge is 0.0774 e. The molecule has 1 atom stereocenters. The molecule has 0 aromatic heterocycles. The van der Waals surface area contributed by atoms with Crippen molar-refractivity contribution in [2.45, 2.75) is 56.6 Å². The van der Waals surface area contributed by atoms with Gasteiger partial charge in [0.1, 0.15) is 0 Å². The van der Waals surface area contributed by atoms with Crippen molar-refractivity contribution in [1.82, 2.24) is 9.80 Å². The highest BCUT2D eigenvalue weighted by molar-refractivity contribution is 4.88. The number of rotatable bonds is 3. The van der Waals surface area contributed by atoms with E-state index in [1.54, 1.807) is 0 Å². The molecule has 2 rings (SSSR count). The minimum atomic E-state index is -0.400. The number of hydrogen-bond donors (Lipinski definition) is 1. The molecule has 0 radical (unpaired) electrons. The van der Waals surface area contributed by atoms with Crippen molar-refractivity contribution in [2.24, 2.45) is 0 Å². The van der Waals surface area contributed by atoms with Gasteiger partial charge in [0.15, 0.2) is 0 Å². The van der Waals surface area contributed by atoms with Gasteiger partial charge in [-0.25, -0.2) is 0 Å². The van der Waals surface area contributed by atoms with E-state index >= 15 is 0 Å². The zero-order valence-corrected chi connectivity index (χ0v) is 11.5. The van der Waals surface area contributed by atoms with Gasteiger partial charge in [-0.15, -0.1) is 0 Å². The van der Waals surface area contributed by atoms with Gasteiger partial charge in [0.25, 0.3) is 0 Å². The molecule has 1 unspecified atom stereocenters. The van der Waals surface area contributed by atoms with Crippen LogP contribution in [0.1, 0.15) is 44.9 Å². The van der Waals surface area contributed by atoms with Crippen LogP contribution in [0.25, 0.3) is 0 Å². The lowest BCUT2D eigenvalue weighted by Crippen LogP contribution is -2.51. The standard InChI is InChI=1S/C14H28N2O/c1-15-10-6-7-13(11-15)16(2)12-14(17)8-4-3-5-9-14/h13,17H,3-12H2,1-2H3. The highest BCUT2D eigenvalue weighted by Gasteiger charge is 2.32. The molecule has 0 aromatic rings. The number of likely N-dealkylation sites (N-methyl/N-ethyl adjacent to an activating group) is 2. The number of likely N-dealkylation sites (tertiary alicyclic amines) is 1. The first kappa shape index (κ1) is 13.3. The predicted molar refractivity (Wildman–Crippen MR) is 71.2 cm³/mol. The van der Waals surface area contributed by atoms with Gasteiger partial charge in [0, 0.05) is 19.1 Å². The fourth-order valence-electron chi connectivity index (χ4n) is 3.46. The van der Waals surface area contributed by atoms with Crippen LogP contribution >= 0.6 is 0 Å². The minimum Gasteiger partial charge on any atom is -0.389 e. The highest BCUT2D eigenvalue weighted by Crippen LogP contribution is 2.29. The van der Waals surface area contributed by atoms with E-state index < -0.39 is 5.60 Å². The maximum atomic E-state index is 10.6. The van der Waals surface area contributed by atoms with Gasteiger partial charge in [-0.05, 0) is 46.3 Å². The summed E-state index contributed by atoms with van der Waals surface area (Å²) >= 11 is 0. The van der Waals surface area contributed by atoms with Crippen LogP contribution in [-0.4, -0.2) is 60.3 Å². The lowest BCUT2D eigenvalue weighted by atomic mass is 9.84. The molecule has 3 heteroatoms. The largest absolute Gasteiger partial charge is 0.389 e. The van der Waals surface area contributed by atoms with Crippen molar-refractivity contribution in [3.63, 3.8) is 0 Å². The Hall–Kier alpha value is -0.120. The van der Waals surface area contributed by atoms with Crippen molar-refractivity contribution in [3.8, 4) is 0 Å². The molecular formula is C14H28N2O. The summed E-state index contributed by atoms with van der Waals surface area (Å²) in [7, 11) is 4.39. The van der Waals surface area contributed by atoms with Crippen LogP contribution in [0.5, 0.6) is 0 Å². The summed E-state index contributed by atoms with van der Waals surface area (Å²) in [4.78, 5) is 4.82. The second kappa shape index (κ2) is 5.68. The van der Waals surface area contributed by atoms with Crippen molar-refractivity contribution >= 4 is 0 Å². The third-order valence-corrected chi connectivity index (χ3v) is 4.55. The maximum Gasteiger partial charge on any atom is 0.0774 e. The normalized spacial score (nSPS) is 30.7. The first-order chi connectivity index (χ1) is 8.09. The molecule has 2 fully saturated rings. The molecule has 0 spiro atoms. The van der Waals surface area contributed by atoms with Gasteiger partial charge >= 0.3 is 0 Å². The minimum absolute atomic E-state index is 0.400. The average Bonchev–Trinajstić information content (AvgIpc) is 2.29. The van der Waals surface area contributed by atoms with Gasteiger partial charge < -0.3 is 10.0 Å². The van der Waals surface area contributed by atoms with E-state index in [4.69, 9.17) is 0 Å². The van der Waals surface area contributed by atoms with Crippen LogP contribution in [0.15, 0.2) is 0 Å². The third kappa shape index (κ3) is 3.67. The molecule has 2 aliphatic rings. The molecule has 0 bridgehead atoms. The average molecular weight is 240 g/mol. The first-order valence-electron chi connectivity index (χ1n) is 7.20. The molecule has 17 heavy (non-hydrogen) atoms. The number of hydrogen-bond acceptors (Lipinski definition) is 3. The van der Waals surface area contributed by atoms with Gasteiger partial charge in [-0.1, -0.05) is 19.3 Å². The molecule has 1 heterocycles. The fraction of sp³-hybridized carbons (Fsp3) is 1.00. The Morgan fingerprint density at radius 3 is 2.59 bits per heavy atom. The lowest BCUT2D eigenvalue weighted by molar-refractivity contribution is -0.0351. The summed E-state index contributed by atoms with van der Waals surface area (Å²) in [6, 6.07) is 0.639. The molecular weight excluding hydrogens is 212 g/mol. The predicted octanol–water partition coefficient (Wildman–Crippen LogP) is 1.71. The van der Waals surface area contributed by atoms with Crippen LogP contribution in [0.3, 0.4) is 0 Å². The molecule has 0 aromatic carbocycles. The van der Waals surface area contributed by atoms with Crippen LogP contribution in [-0.2, 0) is 0 Å². The summed E-state index contributed by atoms with van der Waals surface area (Å²) in [6.07, 6.45) is 8.29. The molecule has 0 amide bonds. The summed E-state index contributed by atoms with van der Waals surface area (Å²) in [5.41, 5.74) is -0.400. The second-order valence-corrected chi connectivity index (χ2v) is 6.26. The molecule has 1 aliphatic heterocycles. The SMILES string of the molecule is CN1CCCC(N(C)CC2(O)CCCCC2)C1. The highest BCUT2D eigenvalue weighted by atomic mass is 16.3. The lowest BCUT2D eigenvalue weighted by Gasteiger charge is -2.41. The Morgan fingerprint density at radius 2 is 1.94 bits per heavy atom. The van der Waals surface area contributed by atoms with Gasteiger partial charge in [-0.3, -0.25) is 4.90 Å². The molecule has 1 saturated heterocycles. The summed E-state index contributed by atoms with van der Waals surface area (Å²) in [5.74, 6) is 0. The van der Waals surface area contributed by atoms with E-state index in [2.05, 4.69) is 23.9 Å². The third-order valence-electron chi connectivity index (χ3n) is 4.55. The monoisotopic (exact) mass is 240 g/mol. The van der Waals surface area contributed by atoms with E-state index in [-0.39, 0.29) is 0 Å². The molecule has 100 valence electrons. The summed E-state index contributed by atoms with van der Waals surface area (Å²) < 4.78 is 0. The number of aliphatic hydroxyl groups is 1. The second-order valence-electron chi connectivity index (χ2n) is 6.26. The molecule has 1 N–H and O–H groups in total. The van der Waals surface area contributed by atoms with Crippen molar-refractivity contribution in [2.75, 3.05) is 33.7 Å². The zero-order valence-electron chi connectivity index (χ0n) is 11.5. The Bertz CT molecular complexity index is 238. The molecule has 1 saturated carbocycles. The van der Waals surface area contributed by atoms with E-state index in [0.29, 0.717) is 6.04 Å². The Kier molecular flexibility index (Phi) is 4.45. The van der Waals surface area contributed by atoms with E-state index in [9.17, 15) is 5.11 Å². The quantitative estimate of drug-likeness (QED) is 0.813. The Labute approximate surface area is 106 Å². The maximum absolute atomic E-state index is 10.6. The fourth-order valence-corrected chi connectivity index (χ4v) is 3.46. The summed E-state index contributed by atoms with van der Waals surface area (Å²) in [5, 5.41) is 10.6. The zero-order chi connectivity index (χ0) is 12.3.